The number of rotatable bonds is 8. The number of carbonyl (C=O) groups is 3. The lowest BCUT2D eigenvalue weighted by Gasteiger charge is -2.27. The van der Waals surface area contributed by atoms with Crippen molar-refractivity contribution in [1.29, 1.82) is 0 Å². The number of nitrogens with zero attached hydrogens (tertiary/aromatic N) is 1. The Morgan fingerprint density at radius 1 is 1.00 bits per heavy atom. The molecular formula is C13H24N2O5. The highest BCUT2D eigenvalue weighted by molar-refractivity contribution is 5.86. The summed E-state index contributed by atoms with van der Waals surface area (Å²) in [5.41, 5.74) is 0. The number of hydrogen-bond acceptors (Lipinski definition) is 3. The van der Waals surface area contributed by atoms with Crippen molar-refractivity contribution >= 4 is 18.0 Å². The predicted octanol–water partition coefficient (Wildman–Crippen LogP) is 1.24. The van der Waals surface area contributed by atoms with Crippen molar-refractivity contribution in [3.8, 4) is 0 Å². The average molecular weight is 288 g/mol. The maximum atomic E-state index is 12.1. The first-order valence-electron chi connectivity index (χ1n) is 6.63. The van der Waals surface area contributed by atoms with Crippen LogP contribution in [0.3, 0.4) is 0 Å². The highest BCUT2D eigenvalue weighted by atomic mass is 16.4. The van der Waals surface area contributed by atoms with Crippen molar-refractivity contribution in [2.45, 2.75) is 40.2 Å². The van der Waals surface area contributed by atoms with Crippen LogP contribution in [0, 0.1) is 11.8 Å². The van der Waals surface area contributed by atoms with Gasteiger partial charge in [0.25, 0.3) is 0 Å². The van der Waals surface area contributed by atoms with E-state index in [0.29, 0.717) is 13.1 Å². The SMILES string of the molecule is CC(C)CN(CC(C)C)C(=O)NC(CC(=O)O)C(=O)O. The minimum atomic E-state index is -1.41. The summed E-state index contributed by atoms with van der Waals surface area (Å²) in [6, 6.07) is -1.96. The summed E-state index contributed by atoms with van der Waals surface area (Å²) in [5.74, 6) is -2.14. The molecule has 116 valence electrons. The Hall–Kier alpha value is -1.79. The van der Waals surface area contributed by atoms with E-state index >= 15 is 0 Å². The third-order valence-corrected chi connectivity index (χ3v) is 2.43. The summed E-state index contributed by atoms with van der Waals surface area (Å²) < 4.78 is 0. The van der Waals surface area contributed by atoms with Crippen LogP contribution in [-0.2, 0) is 9.59 Å². The van der Waals surface area contributed by atoms with E-state index in [2.05, 4.69) is 5.32 Å². The molecule has 3 N–H and O–H groups in total. The number of aliphatic carboxylic acids is 2. The highest BCUT2D eigenvalue weighted by Crippen LogP contribution is 2.05. The third-order valence-electron chi connectivity index (χ3n) is 2.43. The van der Waals surface area contributed by atoms with Crippen molar-refractivity contribution in [2.24, 2.45) is 11.8 Å². The van der Waals surface area contributed by atoms with Gasteiger partial charge in [0, 0.05) is 13.1 Å². The Morgan fingerprint density at radius 2 is 1.45 bits per heavy atom. The highest BCUT2D eigenvalue weighted by Gasteiger charge is 2.26. The van der Waals surface area contributed by atoms with E-state index in [4.69, 9.17) is 10.2 Å². The van der Waals surface area contributed by atoms with Gasteiger partial charge in [-0.15, -0.1) is 0 Å². The molecule has 20 heavy (non-hydrogen) atoms. The van der Waals surface area contributed by atoms with Crippen molar-refractivity contribution in [1.82, 2.24) is 10.2 Å². The maximum Gasteiger partial charge on any atom is 0.326 e. The van der Waals surface area contributed by atoms with Crippen LogP contribution in [0.15, 0.2) is 0 Å². The van der Waals surface area contributed by atoms with Crippen molar-refractivity contribution < 1.29 is 24.6 Å². The van der Waals surface area contributed by atoms with Crippen LogP contribution in [-0.4, -0.2) is 52.2 Å². The average Bonchev–Trinajstić information content (AvgIpc) is 2.24. The van der Waals surface area contributed by atoms with E-state index in [9.17, 15) is 14.4 Å². The molecule has 7 nitrogen and oxygen atoms in total. The zero-order chi connectivity index (χ0) is 15.9. The molecule has 0 spiro atoms. The molecule has 0 aliphatic heterocycles. The fourth-order valence-electron chi connectivity index (χ4n) is 1.74. The number of nitrogens with one attached hydrogen (secondary N) is 1. The summed E-state index contributed by atoms with van der Waals surface area (Å²) in [6.07, 6.45) is -0.641. The second-order valence-corrected chi connectivity index (χ2v) is 5.63. The van der Waals surface area contributed by atoms with Gasteiger partial charge in [0.05, 0.1) is 6.42 Å². The van der Waals surface area contributed by atoms with Crippen LogP contribution >= 0.6 is 0 Å². The summed E-state index contributed by atoms with van der Waals surface area (Å²) in [7, 11) is 0. The number of urea groups is 1. The van der Waals surface area contributed by atoms with Crippen molar-refractivity contribution in [3.05, 3.63) is 0 Å². The maximum absolute atomic E-state index is 12.1. The van der Waals surface area contributed by atoms with Gasteiger partial charge in [-0.25, -0.2) is 9.59 Å². The Labute approximate surface area is 119 Å². The molecule has 1 unspecified atom stereocenters. The largest absolute Gasteiger partial charge is 0.481 e. The summed E-state index contributed by atoms with van der Waals surface area (Å²) in [4.78, 5) is 35.1. The normalized spacial score (nSPS) is 12.3. The molecule has 0 aliphatic rings. The Morgan fingerprint density at radius 3 is 1.75 bits per heavy atom. The van der Waals surface area contributed by atoms with E-state index in [-0.39, 0.29) is 11.8 Å². The van der Waals surface area contributed by atoms with E-state index in [1.807, 2.05) is 27.7 Å². The molecule has 0 saturated heterocycles. The van der Waals surface area contributed by atoms with E-state index in [1.54, 1.807) is 0 Å². The molecule has 0 aliphatic carbocycles. The fraction of sp³-hybridized carbons (Fsp3) is 0.769. The molecule has 0 bridgehead atoms. The molecule has 0 fully saturated rings. The van der Waals surface area contributed by atoms with E-state index < -0.39 is 30.4 Å². The molecule has 0 rings (SSSR count). The number of hydrogen-bond donors (Lipinski definition) is 3. The molecule has 7 heteroatoms. The van der Waals surface area contributed by atoms with Crippen LogP contribution in [0.5, 0.6) is 0 Å². The fourth-order valence-corrected chi connectivity index (χ4v) is 1.74. The lowest BCUT2D eigenvalue weighted by atomic mass is 10.1. The van der Waals surface area contributed by atoms with Crippen molar-refractivity contribution in [3.63, 3.8) is 0 Å². The van der Waals surface area contributed by atoms with Crippen LogP contribution in [0.1, 0.15) is 34.1 Å². The zero-order valence-electron chi connectivity index (χ0n) is 12.4. The Kier molecular flexibility index (Phi) is 7.64. The van der Waals surface area contributed by atoms with Gasteiger partial charge in [0.15, 0.2) is 0 Å². The second-order valence-electron chi connectivity index (χ2n) is 5.63. The van der Waals surface area contributed by atoms with Gasteiger partial charge in [-0.2, -0.15) is 0 Å². The van der Waals surface area contributed by atoms with Gasteiger partial charge >= 0.3 is 18.0 Å². The van der Waals surface area contributed by atoms with Crippen LogP contribution < -0.4 is 5.32 Å². The zero-order valence-corrected chi connectivity index (χ0v) is 12.4. The number of carbonyl (C=O) groups excluding carboxylic acids is 1. The molecule has 0 aromatic heterocycles. The Balaban J connectivity index is 4.77. The summed E-state index contributed by atoms with van der Waals surface area (Å²) >= 11 is 0. The third kappa shape index (κ3) is 7.60. The number of carboxylic acids is 2. The first-order valence-corrected chi connectivity index (χ1v) is 6.63. The van der Waals surface area contributed by atoms with Gasteiger partial charge in [-0.05, 0) is 11.8 Å². The first-order chi connectivity index (χ1) is 9.13. The molecular weight excluding hydrogens is 264 g/mol. The Bertz CT molecular complexity index is 345. The summed E-state index contributed by atoms with van der Waals surface area (Å²) in [5, 5.41) is 19.8. The lowest BCUT2D eigenvalue weighted by molar-refractivity contribution is -0.145. The quantitative estimate of drug-likeness (QED) is 0.623. The van der Waals surface area contributed by atoms with E-state index in [0.717, 1.165) is 0 Å². The van der Waals surface area contributed by atoms with Gasteiger partial charge in [0.1, 0.15) is 6.04 Å². The van der Waals surface area contributed by atoms with E-state index in [1.165, 1.54) is 4.90 Å². The van der Waals surface area contributed by atoms with Crippen LogP contribution in [0.2, 0.25) is 0 Å². The van der Waals surface area contributed by atoms with Gasteiger partial charge in [0.2, 0.25) is 0 Å². The molecule has 0 saturated carbocycles. The molecule has 0 aromatic rings. The molecule has 2 amide bonds. The molecule has 0 aromatic carbocycles. The lowest BCUT2D eigenvalue weighted by Crippen LogP contribution is -2.50. The number of amides is 2. The molecule has 1 atom stereocenters. The first kappa shape index (κ1) is 18.2. The molecule has 0 heterocycles. The minimum absolute atomic E-state index is 0.238. The smallest absolute Gasteiger partial charge is 0.326 e. The monoisotopic (exact) mass is 288 g/mol. The van der Waals surface area contributed by atoms with Crippen molar-refractivity contribution in [2.75, 3.05) is 13.1 Å². The van der Waals surface area contributed by atoms with Crippen LogP contribution in [0.25, 0.3) is 0 Å². The summed E-state index contributed by atoms with van der Waals surface area (Å²) in [6.45, 7) is 8.78. The van der Waals surface area contributed by atoms with Crippen LogP contribution in [0.4, 0.5) is 4.79 Å². The van der Waals surface area contributed by atoms with Gasteiger partial charge in [-0.1, -0.05) is 27.7 Å². The van der Waals surface area contributed by atoms with Gasteiger partial charge < -0.3 is 20.4 Å². The predicted molar refractivity (Wildman–Crippen MR) is 73.5 cm³/mol. The van der Waals surface area contributed by atoms with Gasteiger partial charge in [-0.3, -0.25) is 4.79 Å². The second kappa shape index (κ2) is 8.39. The topological polar surface area (TPSA) is 107 Å². The number of carboxylic acid groups (broad SMARTS) is 2. The standard InChI is InChI=1S/C13H24N2O5/c1-8(2)6-15(7-9(3)4)13(20)14-10(12(18)19)5-11(16)17/h8-10H,5-7H2,1-4H3,(H,14,20)(H,16,17)(H,18,19). The minimum Gasteiger partial charge on any atom is -0.481 e. The molecule has 0 radical (unpaired) electrons.